The van der Waals surface area contributed by atoms with Crippen molar-refractivity contribution in [2.75, 3.05) is 6.54 Å². The highest BCUT2D eigenvalue weighted by Crippen LogP contribution is 2.15. The summed E-state index contributed by atoms with van der Waals surface area (Å²) in [7, 11) is 0. The maximum atomic E-state index is 4.67. The molecule has 5 nitrogen and oxygen atoms in total. The summed E-state index contributed by atoms with van der Waals surface area (Å²) in [5.74, 6) is 1.04. The molecule has 0 saturated carbocycles. The minimum atomic E-state index is 0.408. The number of fused-ring (bicyclic) bond motifs is 1. The number of benzene rings is 1. The second-order valence-electron chi connectivity index (χ2n) is 5.52. The molecule has 0 amide bonds. The Kier molecular flexibility index (Phi) is 4.01. The van der Waals surface area contributed by atoms with Crippen LogP contribution in [-0.2, 0) is 13.0 Å². The quantitative estimate of drug-likeness (QED) is 0.729. The second kappa shape index (κ2) is 6.10. The third-order valence-electron chi connectivity index (χ3n) is 3.66. The predicted molar refractivity (Wildman–Crippen MR) is 84.2 cm³/mol. The predicted octanol–water partition coefficient (Wildman–Crippen LogP) is 2.29. The van der Waals surface area contributed by atoms with Crippen molar-refractivity contribution in [3.8, 4) is 0 Å². The molecule has 0 radical (unpaired) electrons. The van der Waals surface area contributed by atoms with Gasteiger partial charge in [-0.2, -0.15) is 0 Å². The van der Waals surface area contributed by atoms with Gasteiger partial charge in [-0.15, -0.1) is 0 Å². The first kappa shape index (κ1) is 13.8. The van der Waals surface area contributed by atoms with Crippen molar-refractivity contribution >= 4 is 11.0 Å². The summed E-state index contributed by atoms with van der Waals surface area (Å²) in [6.45, 7) is 6.12. The summed E-state index contributed by atoms with van der Waals surface area (Å²) in [5, 5.41) is 3.52. The zero-order valence-corrected chi connectivity index (χ0v) is 12.5. The fraction of sp³-hybridized carbons (Fsp3) is 0.375. The van der Waals surface area contributed by atoms with Gasteiger partial charge in [0.15, 0.2) is 0 Å². The van der Waals surface area contributed by atoms with Gasteiger partial charge in [0, 0.05) is 37.9 Å². The molecular formula is C16H21N5. The number of nitrogens with zero attached hydrogens (tertiary/aromatic N) is 3. The Balaban J connectivity index is 1.53. The standard InChI is InChI=1S/C16H21N5/c1-12-4-3-5-14-16(12)20-15(19-14)6-7-18-13(2)10-21-9-8-17-11-21/h3-5,8-9,11,13,18H,6-7,10H2,1-2H3,(H,19,20)/t13-/m1/s1. The van der Waals surface area contributed by atoms with E-state index in [1.54, 1.807) is 0 Å². The first-order valence-electron chi connectivity index (χ1n) is 7.35. The van der Waals surface area contributed by atoms with E-state index in [-0.39, 0.29) is 0 Å². The van der Waals surface area contributed by atoms with Crippen LogP contribution >= 0.6 is 0 Å². The summed E-state index contributed by atoms with van der Waals surface area (Å²) < 4.78 is 2.09. The number of hydrogen-bond donors (Lipinski definition) is 2. The Morgan fingerprint density at radius 2 is 2.29 bits per heavy atom. The molecule has 0 spiro atoms. The lowest BCUT2D eigenvalue weighted by molar-refractivity contribution is 0.478. The topological polar surface area (TPSA) is 58.5 Å². The van der Waals surface area contributed by atoms with Gasteiger partial charge >= 0.3 is 0 Å². The normalized spacial score (nSPS) is 12.9. The van der Waals surface area contributed by atoms with E-state index in [0.717, 1.165) is 36.4 Å². The monoisotopic (exact) mass is 283 g/mol. The zero-order valence-electron chi connectivity index (χ0n) is 12.5. The number of rotatable bonds is 6. The van der Waals surface area contributed by atoms with E-state index in [0.29, 0.717) is 6.04 Å². The molecule has 2 aromatic heterocycles. The molecule has 3 aromatic rings. The van der Waals surface area contributed by atoms with Crippen molar-refractivity contribution in [3.63, 3.8) is 0 Å². The molecule has 110 valence electrons. The lowest BCUT2D eigenvalue weighted by Crippen LogP contribution is -2.31. The van der Waals surface area contributed by atoms with E-state index in [1.807, 2.05) is 18.7 Å². The molecule has 3 rings (SSSR count). The van der Waals surface area contributed by atoms with Crippen LogP contribution < -0.4 is 5.32 Å². The van der Waals surface area contributed by atoms with Gasteiger partial charge in [0.25, 0.3) is 0 Å². The SMILES string of the molecule is Cc1cccc2[nH]c(CCN[C@H](C)Cn3ccnc3)nc12. The van der Waals surface area contributed by atoms with Crippen LogP contribution in [0.25, 0.3) is 11.0 Å². The van der Waals surface area contributed by atoms with E-state index in [9.17, 15) is 0 Å². The van der Waals surface area contributed by atoms with Crippen molar-refractivity contribution in [2.24, 2.45) is 0 Å². The van der Waals surface area contributed by atoms with Gasteiger partial charge in [-0.05, 0) is 25.5 Å². The van der Waals surface area contributed by atoms with Gasteiger partial charge in [-0.1, -0.05) is 12.1 Å². The molecular weight excluding hydrogens is 262 g/mol. The van der Waals surface area contributed by atoms with Gasteiger partial charge in [-0.25, -0.2) is 9.97 Å². The summed E-state index contributed by atoms with van der Waals surface area (Å²) >= 11 is 0. The van der Waals surface area contributed by atoms with E-state index >= 15 is 0 Å². The van der Waals surface area contributed by atoms with Crippen LogP contribution in [-0.4, -0.2) is 32.1 Å². The number of aryl methyl sites for hydroxylation is 1. The largest absolute Gasteiger partial charge is 0.342 e. The summed E-state index contributed by atoms with van der Waals surface area (Å²) in [4.78, 5) is 12.1. The van der Waals surface area contributed by atoms with Gasteiger partial charge in [-0.3, -0.25) is 0 Å². The summed E-state index contributed by atoms with van der Waals surface area (Å²) in [6.07, 6.45) is 6.55. The fourth-order valence-corrected chi connectivity index (χ4v) is 2.56. The Bertz CT molecular complexity index is 699. The molecule has 0 saturated heterocycles. The Morgan fingerprint density at radius 3 is 3.05 bits per heavy atom. The molecule has 0 bridgehead atoms. The van der Waals surface area contributed by atoms with Gasteiger partial charge in [0.1, 0.15) is 5.82 Å². The number of H-pyrrole nitrogens is 1. The van der Waals surface area contributed by atoms with Crippen molar-refractivity contribution in [1.82, 2.24) is 24.8 Å². The van der Waals surface area contributed by atoms with Crippen molar-refractivity contribution in [1.29, 1.82) is 0 Å². The number of hydrogen-bond acceptors (Lipinski definition) is 3. The van der Waals surface area contributed by atoms with Gasteiger partial charge in [0.2, 0.25) is 0 Å². The Hall–Kier alpha value is -2.14. The van der Waals surface area contributed by atoms with Crippen LogP contribution in [0.3, 0.4) is 0 Å². The molecule has 2 N–H and O–H groups in total. The van der Waals surface area contributed by atoms with Gasteiger partial charge < -0.3 is 14.9 Å². The highest BCUT2D eigenvalue weighted by atomic mass is 15.1. The van der Waals surface area contributed by atoms with Crippen molar-refractivity contribution in [3.05, 3.63) is 48.3 Å². The molecule has 5 heteroatoms. The Labute approximate surface area is 124 Å². The lowest BCUT2D eigenvalue weighted by Gasteiger charge is -2.13. The minimum Gasteiger partial charge on any atom is -0.342 e. The van der Waals surface area contributed by atoms with Crippen LogP contribution in [0.5, 0.6) is 0 Å². The summed E-state index contributed by atoms with van der Waals surface area (Å²) in [5.41, 5.74) is 3.42. The van der Waals surface area contributed by atoms with E-state index in [4.69, 9.17) is 0 Å². The molecule has 1 atom stereocenters. The smallest absolute Gasteiger partial charge is 0.108 e. The highest BCUT2D eigenvalue weighted by Gasteiger charge is 2.06. The molecule has 21 heavy (non-hydrogen) atoms. The first-order chi connectivity index (χ1) is 10.2. The van der Waals surface area contributed by atoms with Crippen LogP contribution in [0.1, 0.15) is 18.3 Å². The van der Waals surface area contributed by atoms with Crippen LogP contribution in [0, 0.1) is 6.92 Å². The number of para-hydroxylation sites is 1. The maximum absolute atomic E-state index is 4.67. The molecule has 0 aliphatic heterocycles. The zero-order chi connectivity index (χ0) is 14.7. The summed E-state index contributed by atoms with van der Waals surface area (Å²) in [6, 6.07) is 6.64. The molecule has 1 aromatic carbocycles. The second-order valence-corrected chi connectivity index (χ2v) is 5.52. The van der Waals surface area contributed by atoms with Gasteiger partial charge in [0.05, 0.1) is 17.4 Å². The molecule has 0 aliphatic carbocycles. The maximum Gasteiger partial charge on any atom is 0.108 e. The van der Waals surface area contributed by atoms with E-state index in [2.05, 4.69) is 56.9 Å². The fourth-order valence-electron chi connectivity index (χ4n) is 2.56. The van der Waals surface area contributed by atoms with Crippen molar-refractivity contribution in [2.45, 2.75) is 32.9 Å². The number of aromatic nitrogens is 4. The average Bonchev–Trinajstić information content (AvgIpc) is 3.08. The lowest BCUT2D eigenvalue weighted by atomic mass is 10.2. The first-order valence-corrected chi connectivity index (χ1v) is 7.35. The Morgan fingerprint density at radius 1 is 1.38 bits per heavy atom. The molecule has 0 aliphatic rings. The molecule has 0 unspecified atom stereocenters. The third-order valence-corrected chi connectivity index (χ3v) is 3.66. The number of aromatic amines is 1. The third kappa shape index (κ3) is 3.31. The number of imidazole rings is 2. The minimum absolute atomic E-state index is 0.408. The highest BCUT2D eigenvalue weighted by molar-refractivity contribution is 5.78. The van der Waals surface area contributed by atoms with Crippen molar-refractivity contribution < 1.29 is 0 Å². The molecule has 0 fully saturated rings. The molecule has 2 heterocycles. The number of nitrogens with one attached hydrogen (secondary N) is 2. The van der Waals surface area contributed by atoms with E-state index in [1.165, 1.54) is 5.56 Å². The van der Waals surface area contributed by atoms with Crippen LogP contribution in [0.4, 0.5) is 0 Å². The average molecular weight is 283 g/mol. The van der Waals surface area contributed by atoms with Crippen LogP contribution in [0.2, 0.25) is 0 Å². The van der Waals surface area contributed by atoms with Crippen LogP contribution in [0.15, 0.2) is 36.9 Å². The van der Waals surface area contributed by atoms with E-state index < -0.39 is 0 Å².